The first-order valence-electron chi connectivity index (χ1n) is 10.7. The second kappa shape index (κ2) is 11.1. The molecule has 0 saturated carbocycles. The third kappa shape index (κ3) is 4.91. The van der Waals surface area contributed by atoms with Gasteiger partial charge in [-0.3, -0.25) is 19.1 Å². The number of nitrogens with zero attached hydrogens (tertiary/aromatic N) is 4. The molecule has 0 bridgehead atoms. The van der Waals surface area contributed by atoms with Crippen LogP contribution in [0, 0.1) is 18.3 Å². The predicted molar refractivity (Wildman–Crippen MR) is 130 cm³/mol. The summed E-state index contributed by atoms with van der Waals surface area (Å²) >= 11 is 6.64. The number of hydrogen-bond donors (Lipinski definition) is 0. The van der Waals surface area contributed by atoms with E-state index in [4.69, 9.17) is 21.7 Å². The van der Waals surface area contributed by atoms with Crippen LogP contribution in [0.4, 0.5) is 5.82 Å². The summed E-state index contributed by atoms with van der Waals surface area (Å²) in [5.41, 5.74) is 1.12. The number of methoxy groups -OCH3 is 1. The molecule has 10 heteroatoms. The first-order valence-corrected chi connectivity index (χ1v) is 11.9. The second-order valence-corrected chi connectivity index (χ2v) is 9.26. The average Bonchev–Trinajstić information content (AvgIpc) is 3.06. The molecule has 1 amide bonds. The van der Waals surface area contributed by atoms with Crippen molar-refractivity contribution >= 4 is 46.1 Å². The van der Waals surface area contributed by atoms with E-state index in [2.05, 4.69) is 17.9 Å². The Morgan fingerprint density at radius 2 is 2.00 bits per heavy atom. The zero-order valence-corrected chi connectivity index (χ0v) is 20.3. The lowest BCUT2D eigenvalue weighted by Gasteiger charge is -2.33. The highest BCUT2D eigenvalue weighted by atomic mass is 32.2. The lowest BCUT2D eigenvalue weighted by atomic mass is 10.0. The van der Waals surface area contributed by atoms with Crippen LogP contribution in [0.1, 0.15) is 36.5 Å². The molecule has 0 aromatic carbocycles. The topological polar surface area (TPSA) is 87.8 Å². The van der Waals surface area contributed by atoms with Crippen LogP contribution in [0.25, 0.3) is 6.08 Å². The van der Waals surface area contributed by atoms with E-state index in [-0.39, 0.29) is 17.0 Å². The number of anilines is 1. The minimum Gasteiger partial charge on any atom is -0.383 e. The molecule has 0 unspecified atom stereocenters. The molecule has 3 heterocycles. The standard InChI is InChI=1S/C22H28N4O4S2/c1-4-5-6-25-19(24-7-11-30-12-8-24)16(15(2)17(14-23)20(25)27)13-18-21(28)26(9-10-29-3)22(31)32-18/h13H,4-12H2,1-3H3. The van der Waals surface area contributed by atoms with Crippen molar-refractivity contribution in [1.82, 2.24) is 9.47 Å². The monoisotopic (exact) mass is 476 g/mol. The highest BCUT2D eigenvalue weighted by Gasteiger charge is 2.33. The Balaban J connectivity index is 2.18. The Morgan fingerprint density at radius 3 is 2.62 bits per heavy atom. The number of carbonyl (C=O) groups is 1. The Hall–Kier alpha value is -2.19. The summed E-state index contributed by atoms with van der Waals surface area (Å²) in [6, 6.07) is 2.08. The highest BCUT2D eigenvalue weighted by Crippen LogP contribution is 2.36. The normalized spacial score (nSPS) is 18.0. The zero-order valence-electron chi connectivity index (χ0n) is 18.7. The molecule has 3 rings (SSSR count). The summed E-state index contributed by atoms with van der Waals surface area (Å²) in [5.74, 6) is 0.555. The third-order valence-electron chi connectivity index (χ3n) is 5.56. The molecule has 0 spiro atoms. The van der Waals surface area contributed by atoms with Crippen LogP contribution >= 0.6 is 24.0 Å². The first kappa shape index (κ1) is 24.5. The maximum atomic E-state index is 13.2. The number of carbonyl (C=O) groups excluding carboxylic acids is 1. The minimum absolute atomic E-state index is 0.110. The smallest absolute Gasteiger partial charge is 0.270 e. The van der Waals surface area contributed by atoms with E-state index in [9.17, 15) is 14.9 Å². The number of unbranched alkanes of at least 4 members (excludes halogenated alkanes) is 1. The number of amides is 1. The van der Waals surface area contributed by atoms with Crippen molar-refractivity contribution in [3.8, 4) is 6.07 Å². The van der Waals surface area contributed by atoms with E-state index in [0.717, 1.165) is 18.7 Å². The fourth-order valence-electron chi connectivity index (χ4n) is 3.79. The molecule has 0 atom stereocenters. The Bertz CT molecular complexity index is 1020. The van der Waals surface area contributed by atoms with Gasteiger partial charge in [0.25, 0.3) is 11.5 Å². The lowest BCUT2D eigenvalue weighted by molar-refractivity contribution is -0.122. The number of morpholine rings is 1. The van der Waals surface area contributed by atoms with E-state index in [1.165, 1.54) is 16.7 Å². The Kier molecular flexibility index (Phi) is 8.48. The minimum atomic E-state index is -0.287. The van der Waals surface area contributed by atoms with E-state index < -0.39 is 0 Å². The summed E-state index contributed by atoms with van der Waals surface area (Å²) < 4.78 is 12.8. The fourth-order valence-corrected chi connectivity index (χ4v) is 5.08. The van der Waals surface area contributed by atoms with Crippen LogP contribution in [0.15, 0.2) is 9.70 Å². The number of thiocarbonyl (C=S) groups is 1. The highest BCUT2D eigenvalue weighted by molar-refractivity contribution is 8.26. The van der Waals surface area contributed by atoms with Gasteiger partial charge < -0.3 is 14.4 Å². The van der Waals surface area contributed by atoms with Crippen LogP contribution in [-0.4, -0.2) is 66.3 Å². The van der Waals surface area contributed by atoms with Gasteiger partial charge in [0.1, 0.15) is 21.8 Å². The van der Waals surface area contributed by atoms with Gasteiger partial charge in [-0.2, -0.15) is 5.26 Å². The molecular formula is C22H28N4O4S2. The molecule has 0 radical (unpaired) electrons. The largest absolute Gasteiger partial charge is 0.383 e. The molecule has 0 aliphatic carbocycles. The van der Waals surface area contributed by atoms with Crippen LogP contribution in [0.2, 0.25) is 0 Å². The molecule has 2 saturated heterocycles. The Morgan fingerprint density at radius 1 is 1.28 bits per heavy atom. The number of nitriles is 1. The van der Waals surface area contributed by atoms with Crippen molar-refractivity contribution in [2.75, 3.05) is 51.5 Å². The van der Waals surface area contributed by atoms with Crippen LogP contribution in [0.3, 0.4) is 0 Å². The molecule has 2 fully saturated rings. The number of pyridine rings is 1. The van der Waals surface area contributed by atoms with Crippen LogP contribution in [0.5, 0.6) is 0 Å². The first-order chi connectivity index (χ1) is 15.4. The summed E-state index contributed by atoms with van der Waals surface area (Å²) in [4.78, 5) is 30.4. The van der Waals surface area contributed by atoms with Gasteiger partial charge in [-0.15, -0.1) is 0 Å². The summed E-state index contributed by atoms with van der Waals surface area (Å²) in [6.07, 6.45) is 3.51. The molecular weight excluding hydrogens is 448 g/mol. The number of rotatable bonds is 8. The van der Waals surface area contributed by atoms with Gasteiger partial charge in [-0.1, -0.05) is 37.3 Å². The van der Waals surface area contributed by atoms with E-state index in [0.29, 0.717) is 66.4 Å². The van der Waals surface area contributed by atoms with Gasteiger partial charge in [0, 0.05) is 32.3 Å². The van der Waals surface area contributed by atoms with Crippen molar-refractivity contribution in [1.29, 1.82) is 5.26 Å². The van der Waals surface area contributed by atoms with Gasteiger partial charge in [0.15, 0.2) is 0 Å². The zero-order chi connectivity index (χ0) is 23.3. The lowest BCUT2D eigenvalue weighted by Crippen LogP contribution is -2.41. The summed E-state index contributed by atoms with van der Waals surface area (Å²) in [6.45, 7) is 7.48. The van der Waals surface area contributed by atoms with Crippen molar-refractivity contribution in [3.05, 3.63) is 31.9 Å². The molecule has 0 N–H and O–H groups in total. The number of aromatic nitrogens is 1. The molecule has 1 aromatic rings. The molecule has 8 nitrogen and oxygen atoms in total. The number of ether oxygens (including phenoxy) is 2. The summed E-state index contributed by atoms with van der Waals surface area (Å²) in [7, 11) is 1.58. The van der Waals surface area contributed by atoms with Gasteiger partial charge in [0.05, 0.1) is 31.3 Å². The van der Waals surface area contributed by atoms with Gasteiger partial charge in [0.2, 0.25) is 0 Å². The quantitative estimate of drug-likeness (QED) is 0.418. The molecule has 172 valence electrons. The second-order valence-electron chi connectivity index (χ2n) is 7.58. The maximum Gasteiger partial charge on any atom is 0.270 e. The van der Waals surface area contributed by atoms with Gasteiger partial charge >= 0.3 is 0 Å². The molecule has 2 aliphatic heterocycles. The number of hydrogen-bond acceptors (Lipinski definition) is 8. The van der Waals surface area contributed by atoms with Crippen molar-refractivity contribution in [2.45, 2.75) is 33.2 Å². The SMILES string of the molecule is CCCCn1c(N2CCOCC2)c(C=C2SC(=S)N(CCOC)C2=O)c(C)c(C#N)c1=O. The van der Waals surface area contributed by atoms with Crippen molar-refractivity contribution in [2.24, 2.45) is 0 Å². The van der Waals surface area contributed by atoms with Crippen LogP contribution < -0.4 is 10.5 Å². The van der Waals surface area contributed by atoms with E-state index in [1.54, 1.807) is 24.7 Å². The van der Waals surface area contributed by atoms with Crippen molar-refractivity contribution in [3.63, 3.8) is 0 Å². The molecule has 32 heavy (non-hydrogen) atoms. The fraction of sp³-hybridized carbons (Fsp3) is 0.545. The van der Waals surface area contributed by atoms with Crippen molar-refractivity contribution < 1.29 is 14.3 Å². The predicted octanol–water partition coefficient (Wildman–Crippen LogP) is 2.51. The van der Waals surface area contributed by atoms with E-state index in [1.807, 2.05) is 0 Å². The average molecular weight is 477 g/mol. The third-order valence-corrected chi connectivity index (χ3v) is 6.94. The maximum absolute atomic E-state index is 13.2. The summed E-state index contributed by atoms with van der Waals surface area (Å²) in [5, 5.41) is 9.74. The van der Waals surface area contributed by atoms with Crippen LogP contribution in [-0.2, 0) is 20.8 Å². The molecule has 1 aromatic heterocycles. The Labute approximate surface area is 197 Å². The number of thioether (sulfide) groups is 1. The molecule has 2 aliphatic rings. The van der Waals surface area contributed by atoms with Gasteiger partial charge in [-0.25, -0.2) is 0 Å². The van der Waals surface area contributed by atoms with E-state index >= 15 is 0 Å². The van der Waals surface area contributed by atoms with Gasteiger partial charge in [-0.05, 0) is 25.0 Å².